The molecule has 2 aromatic carbocycles. The van der Waals surface area contributed by atoms with Gasteiger partial charge in [0.25, 0.3) is 0 Å². The lowest BCUT2D eigenvalue weighted by atomic mass is 10.0. The first-order valence-corrected chi connectivity index (χ1v) is 13.1. The molecule has 4 aromatic rings. The first-order chi connectivity index (χ1) is 17.6. The van der Waals surface area contributed by atoms with Gasteiger partial charge in [-0.1, -0.05) is 32.0 Å². The molecule has 0 aliphatic rings. The quantitative estimate of drug-likeness (QED) is 0.287. The zero-order valence-electron chi connectivity index (χ0n) is 20.3. The Morgan fingerprint density at radius 3 is 2.49 bits per heavy atom. The summed E-state index contributed by atoms with van der Waals surface area (Å²) < 4.78 is 34.7. The summed E-state index contributed by atoms with van der Waals surface area (Å²) in [4.78, 5) is 37.3. The first kappa shape index (κ1) is 26.0. The van der Waals surface area contributed by atoms with Crippen molar-refractivity contribution in [1.82, 2.24) is 25.1 Å². The summed E-state index contributed by atoms with van der Waals surface area (Å²) >= 11 is 0. The van der Waals surface area contributed by atoms with Gasteiger partial charge in [-0.25, -0.2) is 17.9 Å². The van der Waals surface area contributed by atoms with E-state index in [0.717, 1.165) is 10.1 Å². The largest absolute Gasteiger partial charge is 0.456 e. The van der Waals surface area contributed by atoms with Crippen molar-refractivity contribution in [1.29, 1.82) is 0 Å². The lowest BCUT2D eigenvalue weighted by molar-refractivity contribution is -0.126. The molecule has 0 bridgehead atoms. The number of nitrogens with zero attached hydrogens (tertiary/aromatic N) is 2. The minimum absolute atomic E-state index is 0.0123. The Hall–Kier alpha value is -4.03. The number of carbonyl (C=O) groups is 3. The molecule has 0 saturated carbocycles. The predicted octanol–water partition coefficient (Wildman–Crippen LogP) is 2.42. The summed E-state index contributed by atoms with van der Waals surface area (Å²) in [6.45, 7) is 2.87. The van der Waals surface area contributed by atoms with Crippen LogP contribution in [0.15, 0.2) is 70.2 Å². The summed E-state index contributed by atoms with van der Waals surface area (Å²) in [5, 5.41) is 10.3. The SMILES string of the molecule is CC(C)C[C@H](NC(=O)n1cccn1)C(=O)NCC(=O)CNS(=O)(=O)c1ccc2oc3ccccc3c2c1. The Bertz CT molecular complexity index is 1540. The molecule has 37 heavy (non-hydrogen) atoms. The lowest BCUT2D eigenvalue weighted by Crippen LogP contribution is -2.50. The zero-order valence-corrected chi connectivity index (χ0v) is 21.1. The molecule has 0 spiro atoms. The normalized spacial score (nSPS) is 12.6. The number of para-hydroxylation sites is 1. The van der Waals surface area contributed by atoms with Crippen molar-refractivity contribution < 1.29 is 27.2 Å². The second-order valence-electron chi connectivity index (χ2n) is 8.92. The van der Waals surface area contributed by atoms with Gasteiger partial charge in [0.15, 0.2) is 5.78 Å². The highest BCUT2D eigenvalue weighted by molar-refractivity contribution is 7.89. The van der Waals surface area contributed by atoms with Crippen LogP contribution in [-0.2, 0) is 19.6 Å². The van der Waals surface area contributed by atoms with Crippen molar-refractivity contribution in [3.05, 3.63) is 60.9 Å². The van der Waals surface area contributed by atoms with Gasteiger partial charge in [0.05, 0.1) is 18.0 Å². The van der Waals surface area contributed by atoms with Gasteiger partial charge in [-0.15, -0.1) is 0 Å². The Kier molecular flexibility index (Phi) is 7.69. The highest BCUT2D eigenvalue weighted by atomic mass is 32.2. The van der Waals surface area contributed by atoms with E-state index in [1.165, 1.54) is 24.5 Å². The average Bonchev–Trinajstić information content (AvgIpc) is 3.53. The molecule has 3 N–H and O–H groups in total. The number of amides is 2. The fourth-order valence-electron chi connectivity index (χ4n) is 3.81. The molecule has 0 fully saturated rings. The number of benzene rings is 2. The number of hydrogen-bond donors (Lipinski definition) is 3. The second kappa shape index (κ2) is 10.9. The van der Waals surface area contributed by atoms with E-state index in [9.17, 15) is 22.8 Å². The molecule has 194 valence electrons. The molecule has 12 heteroatoms. The standard InChI is InChI=1S/C25H27N5O6S/c1-16(2)12-21(29-25(33)30-11-5-10-27-30)24(32)26-14-17(31)15-28-37(34,35)18-8-9-23-20(13-18)19-6-3-4-7-22(19)36-23/h3-11,13,16,21,28H,12,14-15H2,1-2H3,(H,26,32)(H,29,33)/t21-/m0/s1. The van der Waals surface area contributed by atoms with Crippen LogP contribution in [-0.4, -0.2) is 55.1 Å². The fraction of sp³-hybridized carbons (Fsp3) is 0.280. The average molecular weight is 526 g/mol. The smallest absolute Gasteiger partial charge is 0.342 e. The molecular weight excluding hydrogens is 498 g/mol. The number of carbonyl (C=O) groups excluding carboxylic acids is 3. The summed E-state index contributed by atoms with van der Waals surface area (Å²) in [6, 6.07) is 11.9. The number of Topliss-reactive ketones (excluding diaryl/α,β-unsaturated/α-hetero) is 1. The van der Waals surface area contributed by atoms with Crippen molar-refractivity contribution in [2.45, 2.75) is 31.2 Å². The van der Waals surface area contributed by atoms with Crippen LogP contribution in [0.1, 0.15) is 20.3 Å². The van der Waals surface area contributed by atoms with Crippen molar-refractivity contribution in [3.8, 4) is 0 Å². The monoisotopic (exact) mass is 525 g/mol. The Balaban J connectivity index is 1.35. The molecule has 4 rings (SSSR count). The molecule has 0 unspecified atom stereocenters. The summed E-state index contributed by atoms with van der Waals surface area (Å²) in [5.74, 6) is -1.02. The molecule has 0 aliphatic heterocycles. The van der Waals surface area contributed by atoms with Gasteiger partial charge in [-0.05, 0) is 42.7 Å². The molecule has 11 nitrogen and oxygen atoms in total. The van der Waals surface area contributed by atoms with Crippen molar-refractivity contribution >= 4 is 49.7 Å². The molecule has 0 aliphatic carbocycles. The van der Waals surface area contributed by atoms with Crippen molar-refractivity contribution in [2.75, 3.05) is 13.1 Å². The van der Waals surface area contributed by atoms with Crippen molar-refractivity contribution in [3.63, 3.8) is 0 Å². The first-order valence-electron chi connectivity index (χ1n) is 11.6. The number of aromatic nitrogens is 2. The van der Waals surface area contributed by atoms with Gasteiger partial charge < -0.3 is 15.1 Å². The Labute approximate surface area is 213 Å². The molecule has 0 saturated heterocycles. The number of rotatable bonds is 10. The maximum atomic E-state index is 12.8. The molecule has 2 amide bonds. The number of ketones is 1. The maximum Gasteiger partial charge on any atom is 0.342 e. The zero-order chi connectivity index (χ0) is 26.6. The van der Waals surface area contributed by atoms with Crippen LogP contribution in [0.25, 0.3) is 21.9 Å². The minimum atomic E-state index is -4.00. The number of fused-ring (bicyclic) bond motifs is 3. The summed E-state index contributed by atoms with van der Waals surface area (Å²) in [5.41, 5.74) is 1.19. The van der Waals surface area contributed by atoms with E-state index in [0.29, 0.717) is 23.0 Å². The fourth-order valence-corrected chi connectivity index (χ4v) is 4.85. The van der Waals surface area contributed by atoms with Crippen LogP contribution in [0.5, 0.6) is 0 Å². The van der Waals surface area contributed by atoms with Crippen LogP contribution in [0.4, 0.5) is 4.79 Å². The number of hydrogen-bond acceptors (Lipinski definition) is 7. The summed E-state index contributed by atoms with van der Waals surface area (Å²) in [7, 11) is -4.00. The van der Waals surface area contributed by atoms with Crippen LogP contribution in [0.3, 0.4) is 0 Å². The third kappa shape index (κ3) is 6.22. The van der Waals surface area contributed by atoms with Gasteiger partial charge >= 0.3 is 6.03 Å². The highest BCUT2D eigenvalue weighted by Crippen LogP contribution is 2.30. The van der Waals surface area contributed by atoms with E-state index in [1.807, 2.05) is 32.0 Å². The van der Waals surface area contributed by atoms with Crippen molar-refractivity contribution in [2.24, 2.45) is 5.92 Å². The topological polar surface area (TPSA) is 152 Å². The van der Waals surface area contributed by atoms with Gasteiger partial charge in [-0.2, -0.15) is 9.78 Å². The van der Waals surface area contributed by atoms with E-state index >= 15 is 0 Å². The van der Waals surface area contributed by atoms with E-state index < -0.39 is 46.9 Å². The maximum absolute atomic E-state index is 12.8. The molecule has 1 atom stereocenters. The van der Waals surface area contributed by atoms with Crippen LogP contribution < -0.4 is 15.4 Å². The van der Waals surface area contributed by atoms with Crippen LogP contribution in [0.2, 0.25) is 0 Å². The number of furan rings is 1. The summed E-state index contributed by atoms with van der Waals surface area (Å²) in [6.07, 6.45) is 3.22. The van der Waals surface area contributed by atoms with E-state index in [2.05, 4.69) is 20.5 Å². The van der Waals surface area contributed by atoms with Gasteiger partial charge in [0, 0.05) is 23.2 Å². The van der Waals surface area contributed by atoms with Crippen LogP contribution in [0, 0.1) is 5.92 Å². The van der Waals surface area contributed by atoms with E-state index in [1.54, 1.807) is 18.2 Å². The second-order valence-corrected chi connectivity index (χ2v) is 10.7. The van der Waals surface area contributed by atoms with Crippen LogP contribution >= 0.6 is 0 Å². The van der Waals surface area contributed by atoms with Gasteiger partial charge in [0.2, 0.25) is 15.9 Å². The van der Waals surface area contributed by atoms with Gasteiger partial charge in [-0.3, -0.25) is 9.59 Å². The van der Waals surface area contributed by atoms with E-state index in [-0.39, 0.29) is 10.8 Å². The Morgan fingerprint density at radius 2 is 1.76 bits per heavy atom. The molecule has 2 heterocycles. The molecule has 2 aromatic heterocycles. The Morgan fingerprint density at radius 1 is 1.00 bits per heavy atom. The third-order valence-electron chi connectivity index (χ3n) is 5.61. The third-order valence-corrected chi connectivity index (χ3v) is 7.01. The number of sulfonamides is 1. The molecule has 0 radical (unpaired) electrons. The lowest BCUT2D eigenvalue weighted by Gasteiger charge is -2.19. The number of nitrogens with one attached hydrogen (secondary N) is 3. The molecular formula is C25H27N5O6S. The predicted molar refractivity (Wildman–Crippen MR) is 136 cm³/mol. The van der Waals surface area contributed by atoms with E-state index in [4.69, 9.17) is 4.42 Å². The van der Waals surface area contributed by atoms with Gasteiger partial charge in [0.1, 0.15) is 17.2 Å². The minimum Gasteiger partial charge on any atom is -0.456 e. The highest BCUT2D eigenvalue weighted by Gasteiger charge is 2.24.